The van der Waals surface area contributed by atoms with Crippen molar-refractivity contribution < 1.29 is 0 Å². The van der Waals surface area contributed by atoms with E-state index in [-0.39, 0.29) is 6.04 Å². The van der Waals surface area contributed by atoms with Crippen LogP contribution in [0.4, 0.5) is 5.69 Å². The van der Waals surface area contributed by atoms with Crippen LogP contribution in [0.5, 0.6) is 0 Å². The molecular weight excluding hydrogens is 234 g/mol. The van der Waals surface area contributed by atoms with Crippen molar-refractivity contribution in [3.63, 3.8) is 0 Å². The molecule has 1 atom stereocenters. The molecule has 1 N–H and O–H groups in total. The van der Waals surface area contributed by atoms with Crippen LogP contribution in [0.3, 0.4) is 0 Å². The third kappa shape index (κ3) is 2.92. The zero-order valence-corrected chi connectivity index (χ0v) is 12.3. The number of aryl methyl sites for hydroxylation is 4. The van der Waals surface area contributed by atoms with Crippen molar-refractivity contribution in [3.05, 3.63) is 52.6 Å². The molecular formula is C16H21N3. The molecule has 1 unspecified atom stereocenters. The van der Waals surface area contributed by atoms with Gasteiger partial charge in [-0.05, 0) is 63.9 Å². The van der Waals surface area contributed by atoms with Gasteiger partial charge in [0.05, 0.1) is 17.4 Å². The first-order chi connectivity index (χ1) is 8.99. The molecule has 0 bridgehead atoms. The van der Waals surface area contributed by atoms with E-state index in [2.05, 4.69) is 48.2 Å². The molecule has 3 heteroatoms. The van der Waals surface area contributed by atoms with E-state index in [9.17, 15) is 0 Å². The Balaban J connectivity index is 2.31. The minimum atomic E-state index is 0.219. The number of nitrogens with one attached hydrogen (secondary N) is 1. The first-order valence-electron chi connectivity index (χ1n) is 6.62. The summed E-state index contributed by atoms with van der Waals surface area (Å²) in [4.78, 5) is 8.87. The van der Waals surface area contributed by atoms with Gasteiger partial charge in [0.25, 0.3) is 0 Å². The number of pyridine rings is 2. The summed E-state index contributed by atoms with van der Waals surface area (Å²) in [6.45, 7) is 10.4. The molecule has 0 aliphatic rings. The molecule has 2 aromatic heterocycles. The van der Waals surface area contributed by atoms with Gasteiger partial charge in [0.2, 0.25) is 0 Å². The fraction of sp³-hybridized carbons (Fsp3) is 0.375. The lowest BCUT2D eigenvalue weighted by atomic mass is 10.00. The van der Waals surface area contributed by atoms with Crippen LogP contribution in [-0.4, -0.2) is 9.97 Å². The molecule has 2 aromatic rings. The van der Waals surface area contributed by atoms with Crippen LogP contribution in [0.1, 0.15) is 41.2 Å². The summed E-state index contributed by atoms with van der Waals surface area (Å²) in [5.41, 5.74) is 6.82. The van der Waals surface area contributed by atoms with Gasteiger partial charge in [-0.1, -0.05) is 0 Å². The SMILES string of the molecule is Cc1cc(C)c(C(C)Nc2cccnc2C)c(C)n1. The van der Waals surface area contributed by atoms with Crippen molar-refractivity contribution in [2.45, 2.75) is 40.7 Å². The zero-order chi connectivity index (χ0) is 14.0. The molecule has 0 fully saturated rings. The number of aromatic nitrogens is 2. The van der Waals surface area contributed by atoms with Gasteiger partial charge in [-0.15, -0.1) is 0 Å². The molecule has 3 nitrogen and oxygen atoms in total. The third-order valence-corrected chi connectivity index (χ3v) is 3.40. The Morgan fingerprint density at radius 2 is 1.84 bits per heavy atom. The Hall–Kier alpha value is -1.90. The van der Waals surface area contributed by atoms with Gasteiger partial charge in [0, 0.05) is 17.6 Å². The molecule has 0 spiro atoms. The number of hydrogen-bond acceptors (Lipinski definition) is 3. The summed E-state index contributed by atoms with van der Waals surface area (Å²) >= 11 is 0. The van der Waals surface area contributed by atoms with Crippen LogP contribution in [0.15, 0.2) is 24.4 Å². The maximum Gasteiger partial charge on any atom is 0.0603 e. The first-order valence-corrected chi connectivity index (χ1v) is 6.62. The Morgan fingerprint density at radius 1 is 1.11 bits per heavy atom. The molecule has 0 radical (unpaired) electrons. The number of hydrogen-bond donors (Lipinski definition) is 1. The number of anilines is 1. The zero-order valence-electron chi connectivity index (χ0n) is 12.3. The standard InChI is InChI=1S/C16H21N3/c1-10-9-11(2)18-13(4)16(10)14(5)19-15-7-6-8-17-12(15)3/h6-9,14,19H,1-5H3. The van der Waals surface area contributed by atoms with E-state index < -0.39 is 0 Å². The predicted molar refractivity (Wildman–Crippen MR) is 79.5 cm³/mol. The van der Waals surface area contributed by atoms with Gasteiger partial charge in [0.15, 0.2) is 0 Å². The number of nitrogens with zero attached hydrogens (tertiary/aromatic N) is 2. The van der Waals surface area contributed by atoms with Crippen molar-refractivity contribution in [2.24, 2.45) is 0 Å². The summed E-state index contributed by atoms with van der Waals surface area (Å²) < 4.78 is 0. The van der Waals surface area contributed by atoms with E-state index in [4.69, 9.17) is 0 Å². The highest BCUT2D eigenvalue weighted by atomic mass is 14.9. The highest BCUT2D eigenvalue weighted by Gasteiger charge is 2.13. The van der Waals surface area contributed by atoms with Gasteiger partial charge >= 0.3 is 0 Å². The summed E-state index contributed by atoms with van der Waals surface area (Å²) in [5.74, 6) is 0. The van der Waals surface area contributed by atoms with Gasteiger partial charge in [-0.25, -0.2) is 0 Å². The van der Waals surface area contributed by atoms with E-state index >= 15 is 0 Å². The Bertz CT molecular complexity index is 567. The highest BCUT2D eigenvalue weighted by molar-refractivity contribution is 5.50. The number of rotatable bonds is 3. The second kappa shape index (κ2) is 5.39. The maximum absolute atomic E-state index is 4.56. The van der Waals surface area contributed by atoms with Gasteiger partial charge in [-0.2, -0.15) is 0 Å². The van der Waals surface area contributed by atoms with Crippen molar-refractivity contribution in [1.29, 1.82) is 0 Å². The Kier molecular flexibility index (Phi) is 3.84. The van der Waals surface area contributed by atoms with Gasteiger partial charge < -0.3 is 5.32 Å². The van der Waals surface area contributed by atoms with Crippen LogP contribution in [0.2, 0.25) is 0 Å². The minimum absolute atomic E-state index is 0.219. The lowest BCUT2D eigenvalue weighted by molar-refractivity contribution is 0.839. The monoisotopic (exact) mass is 255 g/mol. The molecule has 19 heavy (non-hydrogen) atoms. The molecule has 0 aliphatic heterocycles. The van der Waals surface area contributed by atoms with Crippen LogP contribution in [0.25, 0.3) is 0 Å². The van der Waals surface area contributed by atoms with E-state index in [0.717, 1.165) is 22.8 Å². The molecule has 100 valence electrons. The average Bonchev–Trinajstić information content (AvgIpc) is 2.30. The lowest BCUT2D eigenvalue weighted by Gasteiger charge is -2.20. The molecule has 2 heterocycles. The molecule has 0 saturated carbocycles. The normalized spacial score (nSPS) is 12.3. The van der Waals surface area contributed by atoms with E-state index in [0.29, 0.717) is 0 Å². The smallest absolute Gasteiger partial charge is 0.0603 e. The lowest BCUT2D eigenvalue weighted by Crippen LogP contribution is -2.12. The molecule has 2 rings (SSSR count). The van der Waals surface area contributed by atoms with Crippen molar-refractivity contribution >= 4 is 5.69 Å². The van der Waals surface area contributed by atoms with Gasteiger partial charge in [-0.3, -0.25) is 9.97 Å². The van der Waals surface area contributed by atoms with Gasteiger partial charge in [0.1, 0.15) is 0 Å². The maximum atomic E-state index is 4.56. The minimum Gasteiger partial charge on any atom is -0.377 e. The second-order valence-corrected chi connectivity index (χ2v) is 5.08. The average molecular weight is 255 g/mol. The van der Waals surface area contributed by atoms with E-state index in [1.54, 1.807) is 0 Å². The van der Waals surface area contributed by atoms with E-state index in [1.807, 2.05) is 26.1 Å². The molecule has 0 amide bonds. The van der Waals surface area contributed by atoms with Crippen LogP contribution in [0, 0.1) is 27.7 Å². The highest BCUT2D eigenvalue weighted by Crippen LogP contribution is 2.25. The van der Waals surface area contributed by atoms with Crippen molar-refractivity contribution in [1.82, 2.24) is 9.97 Å². The topological polar surface area (TPSA) is 37.8 Å². The summed E-state index contributed by atoms with van der Waals surface area (Å²) in [5, 5.41) is 3.53. The quantitative estimate of drug-likeness (QED) is 0.904. The first kappa shape index (κ1) is 13.5. The second-order valence-electron chi connectivity index (χ2n) is 5.08. The van der Waals surface area contributed by atoms with Crippen molar-refractivity contribution in [3.8, 4) is 0 Å². The fourth-order valence-electron chi connectivity index (χ4n) is 2.63. The Labute approximate surface area is 115 Å². The van der Waals surface area contributed by atoms with Crippen molar-refractivity contribution in [2.75, 3.05) is 5.32 Å². The molecule has 0 aliphatic carbocycles. The van der Waals surface area contributed by atoms with Crippen LogP contribution in [-0.2, 0) is 0 Å². The predicted octanol–water partition coefficient (Wildman–Crippen LogP) is 3.88. The summed E-state index contributed by atoms with van der Waals surface area (Å²) in [6.07, 6.45) is 1.81. The largest absolute Gasteiger partial charge is 0.377 e. The molecule has 0 saturated heterocycles. The third-order valence-electron chi connectivity index (χ3n) is 3.40. The van der Waals surface area contributed by atoms with E-state index in [1.165, 1.54) is 11.1 Å². The molecule has 0 aromatic carbocycles. The summed E-state index contributed by atoms with van der Waals surface area (Å²) in [6, 6.07) is 6.37. The Morgan fingerprint density at radius 3 is 2.47 bits per heavy atom. The van der Waals surface area contributed by atoms with Crippen LogP contribution < -0.4 is 5.32 Å². The fourth-order valence-corrected chi connectivity index (χ4v) is 2.63. The van der Waals surface area contributed by atoms with Crippen LogP contribution >= 0.6 is 0 Å². The summed E-state index contributed by atoms with van der Waals surface area (Å²) in [7, 11) is 0.